The SMILES string of the molecule is CC(=O)O/N=C(/C)C(=O)c1ccc(N(c2ccc(C(=O)/C(C)=N\OC(C)=O)cc2)c2ccc(C(=O)/C(C)=N\OC(C)=O)cc2)cc1. The van der Waals surface area contributed by atoms with Crippen molar-refractivity contribution < 1.29 is 43.3 Å². The molecule has 0 saturated carbocycles. The molecule has 0 aliphatic heterocycles. The van der Waals surface area contributed by atoms with E-state index in [-0.39, 0.29) is 17.1 Å². The quantitative estimate of drug-likeness (QED) is 0.108. The van der Waals surface area contributed by atoms with Crippen molar-refractivity contribution in [2.45, 2.75) is 41.5 Å². The van der Waals surface area contributed by atoms with Crippen LogP contribution in [-0.4, -0.2) is 52.4 Å². The number of ketones is 3. The summed E-state index contributed by atoms with van der Waals surface area (Å²) in [6, 6.07) is 19.6. The van der Waals surface area contributed by atoms with Crippen molar-refractivity contribution in [1.82, 2.24) is 0 Å². The van der Waals surface area contributed by atoms with E-state index in [1.165, 1.54) is 41.5 Å². The number of rotatable bonds is 12. The number of hydrogen-bond acceptors (Lipinski definition) is 13. The summed E-state index contributed by atoms with van der Waals surface area (Å²) < 4.78 is 0. The first-order valence-corrected chi connectivity index (χ1v) is 13.7. The van der Waals surface area contributed by atoms with Crippen LogP contribution in [0.3, 0.4) is 0 Å². The maximum absolute atomic E-state index is 12.8. The summed E-state index contributed by atoms with van der Waals surface area (Å²) in [4.78, 5) is 87.0. The van der Waals surface area contributed by atoms with Gasteiger partial charge in [0.2, 0.25) is 17.3 Å². The second-order valence-corrected chi connectivity index (χ2v) is 9.74. The van der Waals surface area contributed by atoms with Gasteiger partial charge in [0.25, 0.3) is 0 Å². The first-order valence-electron chi connectivity index (χ1n) is 13.7. The highest BCUT2D eigenvalue weighted by atomic mass is 16.7. The molecule has 0 aliphatic carbocycles. The summed E-state index contributed by atoms with van der Waals surface area (Å²) in [6.45, 7) is 7.79. The fraction of sp³-hybridized carbons (Fsp3) is 0.182. The number of anilines is 3. The Kier molecular flexibility index (Phi) is 11.6. The molecule has 0 fully saturated rings. The van der Waals surface area contributed by atoms with Crippen LogP contribution in [0.1, 0.15) is 72.6 Å². The molecule has 46 heavy (non-hydrogen) atoms. The molecule has 0 aliphatic rings. The number of carbonyl (C=O) groups excluding carboxylic acids is 6. The molecule has 0 aromatic heterocycles. The second kappa shape index (κ2) is 15.6. The zero-order valence-corrected chi connectivity index (χ0v) is 25.9. The number of nitrogens with zero attached hydrogens (tertiary/aromatic N) is 4. The zero-order valence-electron chi connectivity index (χ0n) is 25.9. The number of Topliss-reactive ketones (excluding diaryl/α,β-unsaturated/α-hetero) is 3. The lowest BCUT2D eigenvalue weighted by Crippen LogP contribution is -2.15. The average Bonchev–Trinajstić information content (AvgIpc) is 3.05. The molecule has 0 N–H and O–H groups in total. The minimum atomic E-state index is -0.655. The molecule has 0 amide bonds. The molecule has 0 radical (unpaired) electrons. The van der Waals surface area contributed by atoms with Crippen LogP contribution < -0.4 is 4.90 Å². The molecule has 13 nitrogen and oxygen atoms in total. The van der Waals surface area contributed by atoms with E-state index in [2.05, 4.69) is 30.0 Å². The van der Waals surface area contributed by atoms with Crippen LogP contribution in [-0.2, 0) is 28.9 Å². The van der Waals surface area contributed by atoms with Gasteiger partial charge in [0.15, 0.2) is 0 Å². The Labute approximate surface area is 264 Å². The third kappa shape index (κ3) is 9.19. The molecule has 3 rings (SSSR count). The summed E-state index contributed by atoms with van der Waals surface area (Å²) in [6.07, 6.45) is 0. The Bertz CT molecular complexity index is 1550. The van der Waals surface area contributed by atoms with E-state index < -0.39 is 35.3 Å². The molecule has 3 aromatic carbocycles. The monoisotopic (exact) mass is 626 g/mol. The van der Waals surface area contributed by atoms with Gasteiger partial charge in [-0.1, -0.05) is 15.5 Å². The van der Waals surface area contributed by atoms with Crippen molar-refractivity contribution in [3.63, 3.8) is 0 Å². The molecule has 0 atom stereocenters. The largest absolute Gasteiger partial charge is 0.331 e. The van der Waals surface area contributed by atoms with Crippen LogP contribution in [0.15, 0.2) is 88.3 Å². The maximum Gasteiger partial charge on any atom is 0.331 e. The van der Waals surface area contributed by atoms with Gasteiger partial charge in [-0.05, 0) is 93.6 Å². The van der Waals surface area contributed by atoms with Crippen LogP contribution in [0.25, 0.3) is 0 Å². The third-order valence-corrected chi connectivity index (χ3v) is 6.08. The van der Waals surface area contributed by atoms with Crippen molar-refractivity contribution in [2.75, 3.05) is 4.90 Å². The Morgan fingerprint density at radius 3 is 0.826 bits per heavy atom. The fourth-order valence-corrected chi connectivity index (χ4v) is 3.88. The Hall–Kier alpha value is -6.11. The Balaban J connectivity index is 2.01. The van der Waals surface area contributed by atoms with Gasteiger partial charge in [-0.2, -0.15) is 0 Å². The first kappa shape index (κ1) is 34.4. The van der Waals surface area contributed by atoms with E-state index in [1.54, 1.807) is 72.8 Å². The topological polar surface area (TPSA) is 170 Å². The molecular formula is C33H30N4O9. The van der Waals surface area contributed by atoms with Gasteiger partial charge < -0.3 is 19.4 Å². The second-order valence-electron chi connectivity index (χ2n) is 9.74. The van der Waals surface area contributed by atoms with E-state index in [0.717, 1.165) is 0 Å². The normalized spacial score (nSPS) is 11.7. The number of hydrogen-bond donors (Lipinski definition) is 0. The summed E-state index contributed by atoms with van der Waals surface area (Å²) in [5.41, 5.74) is 2.69. The minimum Gasteiger partial charge on any atom is -0.318 e. The van der Waals surface area contributed by atoms with Crippen molar-refractivity contribution in [1.29, 1.82) is 0 Å². The van der Waals surface area contributed by atoms with E-state index in [1.807, 2.05) is 4.90 Å². The van der Waals surface area contributed by atoms with Crippen LogP contribution in [0.4, 0.5) is 17.1 Å². The summed E-state index contributed by atoms with van der Waals surface area (Å²) in [7, 11) is 0. The molecule has 3 aromatic rings. The van der Waals surface area contributed by atoms with Gasteiger partial charge >= 0.3 is 17.9 Å². The van der Waals surface area contributed by atoms with Crippen molar-refractivity contribution >= 4 is 69.5 Å². The molecule has 236 valence electrons. The smallest absolute Gasteiger partial charge is 0.318 e. The van der Waals surface area contributed by atoms with Crippen molar-refractivity contribution in [2.24, 2.45) is 15.5 Å². The van der Waals surface area contributed by atoms with Crippen LogP contribution in [0.2, 0.25) is 0 Å². The lowest BCUT2D eigenvalue weighted by Gasteiger charge is -2.26. The highest BCUT2D eigenvalue weighted by Crippen LogP contribution is 2.35. The molecule has 0 bridgehead atoms. The summed E-state index contributed by atoms with van der Waals surface area (Å²) in [5.74, 6) is -3.29. The van der Waals surface area contributed by atoms with Crippen molar-refractivity contribution in [3.05, 3.63) is 89.5 Å². The van der Waals surface area contributed by atoms with E-state index >= 15 is 0 Å². The third-order valence-electron chi connectivity index (χ3n) is 6.08. The summed E-state index contributed by atoms with van der Waals surface area (Å²) in [5, 5.41) is 10.6. The first-order chi connectivity index (χ1) is 21.8. The van der Waals surface area contributed by atoms with E-state index in [0.29, 0.717) is 33.8 Å². The van der Waals surface area contributed by atoms with Gasteiger partial charge in [0, 0.05) is 54.5 Å². The molecule has 0 heterocycles. The van der Waals surface area contributed by atoms with Gasteiger partial charge in [0.05, 0.1) is 0 Å². The van der Waals surface area contributed by atoms with Crippen LogP contribution in [0, 0.1) is 0 Å². The number of oxime groups is 3. The van der Waals surface area contributed by atoms with E-state index in [4.69, 9.17) is 0 Å². The predicted molar refractivity (Wildman–Crippen MR) is 169 cm³/mol. The van der Waals surface area contributed by atoms with Gasteiger partial charge in [-0.3, -0.25) is 14.4 Å². The molecule has 0 unspecified atom stereocenters. The number of benzene rings is 3. The van der Waals surface area contributed by atoms with Crippen LogP contribution >= 0.6 is 0 Å². The fourth-order valence-electron chi connectivity index (χ4n) is 3.88. The standard InChI is InChI=1S/C33H30N4O9/c1-19(34-44-22(4)38)31(41)25-7-13-28(14-8-25)37(29-15-9-26(10-16-29)32(42)20(2)35-45-23(5)39)30-17-11-27(12-18-30)33(43)21(3)36-46-24(6)40/h7-18H,1-6H3/b34-19-,35-20-,36-21-. The highest BCUT2D eigenvalue weighted by Gasteiger charge is 2.18. The Morgan fingerprint density at radius 1 is 0.413 bits per heavy atom. The lowest BCUT2D eigenvalue weighted by molar-refractivity contribution is -0.141. The minimum absolute atomic E-state index is 0.0135. The molecular weight excluding hydrogens is 596 g/mol. The Morgan fingerprint density at radius 2 is 0.630 bits per heavy atom. The van der Waals surface area contributed by atoms with Crippen molar-refractivity contribution in [3.8, 4) is 0 Å². The highest BCUT2D eigenvalue weighted by molar-refractivity contribution is 6.46. The van der Waals surface area contributed by atoms with Gasteiger partial charge in [-0.15, -0.1) is 0 Å². The zero-order chi connectivity index (χ0) is 34.0. The van der Waals surface area contributed by atoms with E-state index in [9.17, 15) is 28.8 Å². The predicted octanol–water partition coefficient (Wildman–Crippen LogP) is 5.52. The molecule has 0 spiro atoms. The van der Waals surface area contributed by atoms with Crippen LogP contribution in [0.5, 0.6) is 0 Å². The van der Waals surface area contributed by atoms with Gasteiger partial charge in [0.1, 0.15) is 17.1 Å². The molecule has 13 heteroatoms. The maximum atomic E-state index is 12.8. The number of carbonyl (C=O) groups is 6. The lowest BCUT2D eigenvalue weighted by atomic mass is 10.0. The molecule has 0 saturated heterocycles. The average molecular weight is 627 g/mol. The van der Waals surface area contributed by atoms with Gasteiger partial charge in [-0.25, -0.2) is 14.4 Å². The summed E-state index contributed by atoms with van der Waals surface area (Å²) >= 11 is 0.